The minimum absolute atomic E-state index is 0.175. The van der Waals surface area contributed by atoms with Crippen molar-refractivity contribution >= 4 is 12.0 Å². The molecule has 5 nitrogen and oxygen atoms in total. The Morgan fingerprint density at radius 3 is 2.67 bits per heavy atom. The zero-order chi connectivity index (χ0) is 11.0. The SMILES string of the molecule is COC(=O)C1=C(C)NC(=O)NC1C1CC1. The Morgan fingerprint density at radius 1 is 1.47 bits per heavy atom. The summed E-state index contributed by atoms with van der Waals surface area (Å²) in [4.78, 5) is 22.8. The van der Waals surface area contributed by atoms with Crippen LogP contribution in [0.25, 0.3) is 0 Å². The maximum absolute atomic E-state index is 11.6. The summed E-state index contributed by atoms with van der Waals surface area (Å²) in [7, 11) is 1.35. The van der Waals surface area contributed by atoms with Crippen LogP contribution in [0.15, 0.2) is 11.3 Å². The number of allylic oxidation sites excluding steroid dienone is 1. The number of amides is 2. The average Bonchev–Trinajstić information content (AvgIpc) is 2.98. The second-order valence-electron chi connectivity index (χ2n) is 3.94. The highest BCUT2D eigenvalue weighted by atomic mass is 16.5. The molecule has 1 fully saturated rings. The van der Waals surface area contributed by atoms with Crippen molar-refractivity contribution in [1.82, 2.24) is 10.6 Å². The molecule has 1 aliphatic carbocycles. The van der Waals surface area contributed by atoms with Crippen LogP contribution in [0.2, 0.25) is 0 Å². The molecular formula is C10H14N2O3. The Bertz CT molecular complexity index is 345. The normalized spacial score (nSPS) is 25.7. The van der Waals surface area contributed by atoms with Crippen molar-refractivity contribution in [3.8, 4) is 0 Å². The summed E-state index contributed by atoms with van der Waals surface area (Å²) >= 11 is 0. The van der Waals surface area contributed by atoms with Crippen molar-refractivity contribution in [2.45, 2.75) is 25.8 Å². The molecule has 0 aromatic heterocycles. The summed E-state index contributed by atoms with van der Waals surface area (Å²) in [6, 6.07) is -0.414. The molecule has 2 N–H and O–H groups in total. The minimum Gasteiger partial charge on any atom is -0.466 e. The third-order valence-corrected chi connectivity index (χ3v) is 2.80. The van der Waals surface area contributed by atoms with Gasteiger partial charge in [0, 0.05) is 5.70 Å². The number of methoxy groups -OCH3 is 1. The van der Waals surface area contributed by atoms with Crippen molar-refractivity contribution in [1.29, 1.82) is 0 Å². The van der Waals surface area contributed by atoms with E-state index in [0.717, 1.165) is 12.8 Å². The first-order chi connectivity index (χ1) is 7.13. The zero-order valence-electron chi connectivity index (χ0n) is 8.79. The molecule has 5 heteroatoms. The molecule has 1 heterocycles. The Balaban J connectivity index is 2.30. The number of rotatable bonds is 2. The van der Waals surface area contributed by atoms with E-state index >= 15 is 0 Å². The molecule has 0 saturated heterocycles. The van der Waals surface area contributed by atoms with Gasteiger partial charge in [0.05, 0.1) is 18.7 Å². The fraction of sp³-hybridized carbons (Fsp3) is 0.600. The first kappa shape index (κ1) is 10.0. The fourth-order valence-corrected chi connectivity index (χ4v) is 1.89. The lowest BCUT2D eigenvalue weighted by molar-refractivity contribution is -0.136. The van der Waals surface area contributed by atoms with E-state index in [4.69, 9.17) is 4.74 Å². The van der Waals surface area contributed by atoms with Crippen LogP contribution in [0.3, 0.4) is 0 Å². The molecule has 1 aliphatic heterocycles. The number of carbonyl (C=O) groups excluding carboxylic acids is 2. The van der Waals surface area contributed by atoms with Gasteiger partial charge in [-0.1, -0.05) is 0 Å². The Hall–Kier alpha value is -1.52. The van der Waals surface area contributed by atoms with Crippen LogP contribution < -0.4 is 10.6 Å². The number of hydrogen-bond donors (Lipinski definition) is 2. The maximum atomic E-state index is 11.6. The molecule has 2 aliphatic rings. The molecule has 82 valence electrons. The van der Waals surface area contributed by atoms with Gasteiger partial charge < -0.3 is 15.4 Å². The van der Waals surface area contributed by atoms with E-state index in [-0.39, 0.29) is 18.0 Å². The second-order valence-corrected chi connectivity index (χ2v) is 3.94. The molecule has 1 unspecified atom stereocenters. The Kier molecular flexibility index (Phi) is 2.38. The number of urea groups is 1. The third kappa shape index (κ3) is 1.82. The topological polar surface area (TPSA) is 67.4 Å². The Labute approximate surface area is 87.9 Å². The predicted molar refractivity (Wildman–Crippen MR) is 52.9 cm³/mol. The van der Waals surface area contributed by atoms with E-state index < -0.39 is 0 Å². The number of esters is 1. The first-order valence-corrected chi connectivity index (χ1v) is 5.00. The molecule has 15 heavy (non-hydrogen) atoms. The average molecular weight is 210 g/mol. The molecule has 2 amide bonds. The van der Waals surface area contributed by atoms with Gasteiger partial charge in [-0.25, -0.2) is 9.59 Å². The van der Waals surface area contributed by atoms with Crippen molar-refractivity contribution in [3.05, 3.63) is 11.3 Å². The quantitative estimate of drug-likeness (QED) is 0.653. The van der Waals surface area contributed by atoms with Gasteiger partial charge in [-0.15, -0.1) is 0 Å². The lowest BCUT2D eigenvalue weighted by Gasteiger charge is -2.27. The first-order valence-electron chi connectivity index (χ1n) is 5.00. The zero-order valence-corrected chi connectivity index (χ0v) is 8.79. The summed E-state index contributed by atoms with van der Waals surface area (Å²) in [5, 5.41) is 5.35. The summed E-state index contributed by atoms with van der Waals surface area (Å²) in [6.45, 7) is 1.72. The molecule has 1 atom stereocenters. The van der Waals surface area contributed by atoms with E-state index in [1.165, 1.54) is 7.11 Å². The predicted octanol–water partition coefficient (Wildman–Crippen LogP) is 0.525. The van der Waals surface area contributed by atoms with Crippen LogP contribution >= 0.6 is 0 Å². The maximum Gasteiger partial charge on any atom is 0.337 e. The van der Waals surface area contributed by atoms with Crippen molar-refractivity contribution in [2.75, 3.05) is 7.11 Å². The molecule has 0 radical (unpaired) electrons. The van der Waals surface area contributed by atoms with E-state index in [1.807, 2.05) is 0 Å². The summed E-state index contributed by atoms with van der Waals surface area (Å²) in [5.74, 6) is 0.0250. The van der Waals surface area contributed by atoms with Crippen molar-refractivity contribution in [3.63, 3.8) is 0 Å². The van der Waals surface area contributed by atoms with Gasteiger partial charge in [0.25, 0.3) is 0 Å². The molecule has 0 aromatic rings. The third-order valence-electron chi connectivity index (χ3n) is 2.80. The number of ether oxygens (including phenoxy) is 1. The van der Waals surface area contributed by atoms with E-state index in [1.54, 1.807) is 6.92 Å². The van der Waals surface area contributed by atoms with Crippen LogP contribution in [0.5, 0.6) is 0 Å². The van der Waals surface area contributed by atoms with Crippen LogP contribution in [0.1, 0.15) is 19.8 Å². The van der Waals surface area contributed by atoms with Gasteiger partial charge in [0.2, 0.25) is 0 Å². The van der Waals surface area contributed by atoms with Gasteiger partial charge in [-0.3, -0.25) is 0 Å². The highest BCUT2D eigenvalue weighted by molar-refractivity contribution is 5.94. The largest absolute Gasteiger partial charge is 0.466 e. The van der Waals surface area contributed by atoms with E-state index in [0.29, 0.717) is 17.2 Å². The molecular weight excluding hydrogens is 196 g/mol. The van der Waals surface area contributed by atoms with Crippen LogP contribution in [-0.2, 0) is 9.53 Å². The fourth-order valence-electron chi connectivity index (χ4n) is 1.89. The highest BCUT2D eigenvalue weighted by Gasteiger charge is 2.40. The van der Waals surface area contributed by atoms with E-state index in [9.17, 15) is 9.59 Å². The molecule has 0 aromatic carbocycles. The van der Waals surface area contributed by atoms with Gasteiger partial charge in [-0.2, -0.15) is 0 Å². The lowest BCUT2D eigenvalue weighted by atomic mass is 9.99. The van der Waals surface area contributed by atoms with Gasteiger partial charge >= 0.3 is 12.0 Å². The van der Waals surface area contributed by atoms with Gasteiger partial charge in [-0.05, 0) is 25.7 Å². The summed E-state index contributed by atoms with van der Waals surface area (Å²) in [5.41, 5.74) is 1.15. The molecule has 0 bridgehead atoms. The van der Waals surface area contributed by atoms with Gasteiger partial charge in [0.1, 0.15) is 0 Å². The highest BCUT2D eigenvalue weighted by Crippen LogP contribution is 2.37. The monoisotopic (exact) mass is 210 g/mol. The lowest BCUT2D eigenvalue weighted by Crippen LogP contribution is -2.50. The van der Waals surface area contributed by atoms with Crippen molar-refractivity contribution in [2.24, 2.45) is 5.92 Å². The summed E-state index contributed by atoms with van der Waals surface area (Å²) in [6.07, 6.45) is 2.11. The Morgan fingerprint density at radius 2 is 2.13 bits per heavy atom. The molecule has 1 saturated carbocycles. The van der Waals surface area contributed by atoms with Crippen LogP contribution in [0, 0.1) is 5.92 Å². The second kappa shape index (κ2) is 3.56. The number of carbonyl (C=O) groups is 2. The van der Waals surface area contributed by atoms with Gasteiger partial charge in [0.15, 0.2) is 0 Å². The smallest absolute Gasteiger partial charge is 0.337 e. The van der Waals surface area contributed by atoms with Crippen molar-refractivity contribution < 1.29 is 14.3 Å². The molecule has 2 rings (SSSR count). The number of hydrogen-bond acceptors (Lipinski definition) is 3. The van der Waals surface area contributed by atoms with E-state index in [2.05, 4.69) is 10.6 Å². The number of nitrogens with one attached hydrogen (secondary N) is 2. The molecule has 0 spiro atoms. The van der Waals surface area contributed by atoms with Crippen LogP contribution in [-0.4, -0.2) is 25.2 Å². The summed E-state index contributed by atoms with van der Waals surface area (Å²) < 4.78 is 4.72. The van der Waals surface area contributed by atoms with Crippen LogP contribution in [0.4, 0.5) is 4.79 Å². The standard InChI is InChI=1S/C10H14N2O3/c1-5-7(9(13)15-2)8(6-3-4-6)12-10(14)11-5/h6,8H,3-4H2,1-2H3,(H2,11,12,14). The minimum atomic E-state index is -0.364.